The highest BCUT2D eigenvalue weighted by atomic mass is 32.2. The van der Waals surface area contributed by atoms with Crippen LogP contribution < -0.4 is 0 Å². The van der Waals surface area contributed by atoms with Crippen LogP contribution in [0.3, 0.4) is 0 Å². The molecule has 0 radical (unpaired) electrons. The van der Waals surface area contributed by atoms with Crippen molar-refractivity contribution >= 4 is 29.5 Å². The zero-order valence-electron chi connectivity index (χ0n) is 22.8. The van der Waals surface area contributed by atoms with Crippen molar-refractivity contribution in [2.45, 2.75) is 110 Å². The Hall–Kier alpha value is -1.42. The summed E-state index contributed by atoms with van der Waals surface area (Å²) in [5.74, 6) is -2.02. The van der Waals surface area contributed by atoms with Crippen molar-refractivity contribution in [3.63, 3.8) is 0 Å². The van der Waals surface area contributed by atoms with Gasteiger partial charge in [-0.15, -0.1) is 11.8 Å². The van der Waals surface area contributed by atoms with Crippen LogP contribution >= 0.6 is 11.8 Å². The fraction of sp³-hybridized carbons (Fsp3) is 0.815. The molecule has 0 aromatic carbocycles. The molecule has 2 fully saturated rings. The Labute approximate surface area is 218 Å². The molecule has 0 saturated heterocycles. The fourth-order valence-electron chi connectivity index (χ4n) is 7.04. The Bertz CT molecular complexity index is 944. The summed E-state index contributed by atoms with van der Waals surface area (Å²) in [7, 11) is 0. The standard InChI is InChI=1S/C27H42O8S/c1-15-9-10-27(32)13-20-25(6,23(31)19(34-16(2)28)11-18(15)24(27,4)5)22(33-14-36-8)12-21(30)26(20,7)35-17(3)29/h19-22,30,32H,9-14H2,1-8H3/t19?,20?,21?,22?,25?,26-,27?/m1/s1. The second kappa shape index (κ2) is 10.0. The maximum Gasteiger partial charge on any atom is 0.303 e. The van der Waals surface area contributed by atoms with Gasteiger partial charge in [-0.3, -0.25) is 14.4 Å². The maximum atomic E-state index is 14.5. The van der Waals surface area contributed by atoms with Gasteiger partial charge in [-0.05, 0) is 46.3 Å². The summed E-state index contributed by atoms with van der Waals surface area (Å²) in [5.41, 5.74) is -2.84. The molecule has 2 bridgehead atoms. The van der Waals surface area contributed by atoms with Gasteiger partial charge in [0.1, 0.15) is 5.60 Å². The first-order valence-corrected chi connectivity index (χ1v) is 14.0. The van der Waals surface area contributed by atoms with Crippen LogP contribution in [0.4, 0.5) is 0 Å². The maximum absolute atomic E-state index is 14.5. The molecule has 0 spiro atoms. The van der Waals surface area contributed by atoms with Gasteiger partial charge in [-0.1, -0.05) is 25.0 Å². The van der Waals surface area contributed by atoms with E-state index in [-0.39, 0.29) is 31.0 Å². The fourth-order valence-corrected chi connectivity index (χ4v) is 7.34. The topological polar surface area (TPSA) is 119 Å². The molecule has 6 unspecified atom stereocenters. The average Bonchev–Trinajstić information content (AvgIpc) is 2.77. The smallest absolute Gasteiger partial charge is 0.303 e. The van der Waals surface area contributed by atoms with Gasteiger partial charge in [0.15, 0.2) is 11.9 Å². The van der Waals surface area contributed by atoms with Gasteiger partial charge in [-0.25, -0.2) is 0 Å². The van der Waals surface area contributed by atoms with E-state index in [4.69, 9.17) is 14.2 Å². The normalized spacial score (nSPS) is 40.4. The van der Waals surface area contributed by atoms with Gasteiger partial charge in [-0.2, -0.15) is 0 Å². The van der Waals surface area contributed by atoms with Crippen molar-refractivity contribution in [2.75, 3.05) is 12.2 Å². The minimum absolute atomic E-state index is 0.0550. The zero-order chi connectivity index (χ0) is 27.3. The van der Waals surface area contributed by atoms with E-state index in [9.17, 15) is 24.6 Å². The highest BCUT2D eigenvalue weighted by molar-refractivity contribution is 7.98. The third-order valence-corrected chi connectivity index (χ3v) is 9.72. The molecule has 0 aromatic rings. The van der Waals surface area contributed by atoms with Gasteiger partial charge >= 0.3 is 11.9 Å². The third-order valence-electron chi connectivity index (χ3n) is 9.34. The molecular formula is C27H42O8S. The summed E-state index contributed by atoms with van der Waals surface area (Å²) in [6.07, 6.45) is 0.318. The molecule has 2 saturated carbocycles. The minimum atomic E-state index is -1.47. The predicted octanol–water partition coefficient (Wildman–Crippen LogP) is 3.56. The zero-order valence-corrected chi connectivity index (χ0v) is 23.6. The van der Waals surface area contributed by atoms with E-state index < -0.39 is 58.2 Å². The van der Waals surface area contributed by atoms with Crippen molar-refractivity contribution in [3.05, 3.63) is 11.1 Å². The van der Waals surface area contributed by atoms with Gasteiger partial charge in [0.05, 0.1) is 29.2 Å². The van der Waals surface area contributed by atoms with Gasteiger partial charge in [0.2, 0.25) is 0 Å². The van der Waals surface area contributed by atoms with Crippen LogP contribution in [0.2, 0.25) is 0 Å². The number of aliphatic hydroxyl groups excluding tert-OH is 1. The first-order valence-electron chi connectivity index (χ1n) is 12.7. The number of carbonyl (C=O) groups is 3. The molecule has 0 aliphatic heterocycles. The van der Waals surface area contributed by atoms with Crippen molar-refractivity contribution in [1.82, 2.24) is 0 Å². The number of thioether (sulfide) groups is 1. The number of esters is 2. The number of ketones is 1. The molecule has 3 aliphatic carbocycles. The Morgan fingerprint density at radius 2 is 1.78 bits per heavy atom. The molecule has 8 nitrogen and oxygen atoms in total. The number of Topliss-reactive ketones (excluding diaryl/α,β-unsaturated/α-hetero) is 1. The van der Waals surface area contributed by atoms with E-state index in [1.54, 1.807) is 13.8 Å². The SMILES string of the molecule is CSCOC1CC(O)[C@](C)(OC(C)=O)C2CC3(O)CCC(C)=C(CC(OC(C)=O)C(=O)C12C)C3(C)C. The summed E-state index contributed by atoms with van der Waals surface area (Å²) in [6.45, 7) is 11.8. The molecule has 3 rings (SSSR count). The van der Waals surface area contributed by atoms with Crippen LogP contribution in [0.15, 0.2) is 11.1 Å². The van der Waals surface area contributed by atoms with E-state index >= 15 is 0 Å². The molecule has 36 heavy (non-hydrogen) atoms. The summed E-state index contributed by atoms with van der Waals surface area (Å²) in [4.78, 5) is 39.0. The van der Waals surface area contributed by atoms with Crippen molar-refractivity contribution in [2.24, 2.45) is 16.7 Å². The molecular weight excluding hydrogens is 484 g/mol. The van der Waals surface area contributed by atoms with Crippen LogP contribution in [-0.2, 0) is 28.6 Å². The van der Waals surface area contributed by atoms with E-state index in [1.807, 2.05) is 27.0 Å². The number of aliphatic hydroxyl groups is 2. The summed E-state index contributed by atoms with van der Waals surface area (Å²) < 4.78 is 17.6. The first-order chi connectivity index (χ1) is 16.5. The average molecular weight is 527 g/mol. The molecule has 9 heteroatoms. The Morgan fingerprint density at radius 1 is 1.14 bits per heavy atom. The highest BCUT2D eigenvalue weighted by Gasteiger charge is 2.68. The number of rotatable bonds is 5. The van der Waals surface area contributed by atoms with Crippen molar-refractivity contribution in [1.29, 1.82) is 0 Å². The molecule has 204 valence electrons. The number of ether oxygens (including phenoxy) is 3. The van der Waals surface area contributed by atoms with Crippen LogP contribution in [-0.4, -0.2) is 69.6 Å². The lowest BCUT2D eigenvalue weighted by Crippen LogP contribution is -2.68. The quantitative estimate of drug-likeness (QED) is 0.315. The minimum Gasteiger partial charge on any atom is -0.456 e. The largest absolute Gasteiger partial charge is 0.456 e. The van der Waals surface area contributed by atoms with E-state index in [0.717, 1.165) is 11.1 Å². The Balaban J connectivity index is 2.33. The van der Waals surface area contributed by atoms with Crippen LogP contribution in [0.5, 0.6) is 0 Å². The molecule has 7 atom stereocenters. The summed E-state index contributed by atoms with van der Waals surface area (Å²) in [6, 6.07) is 0. The van der Waals surface area contributed by atoms with E-state index in [0.29, 0.717) is 12.8 Å². The second-order valence-electron chi connectivity index (χ2n) is 11.7. The lowest BCUT2D eigenvalue weighted by atomic mass is 9.51. The predicted molar refractivity (Wildman–Crippen MR) is 136 cm³/mol. The van der Waals surface area contributed by atoms with Gasteiger partial charge < -0.3 is 24.4 Å². The van der Waals surface area contributed by atoms with E-state index in [1.165, 1.54) is 25.6 Å². The number of allylic oxidation sites excluding steroid dienone is 1. The third kappa shape index (κ3) is 4.65. The number of fused-ring (bicyclic) bond motifs is 3. The number of carbonyl (C=O) groups excluding carboxylic acids is 3. The van der Waals surface area contributed by atoms with Gasteiger partial charge in [0, 0.05) is 38.0 Å². The van der Waals surface area contributed by atoms with Gasteiger partial charge in [0.25, 0.3) is 0 Å². The lowest BCUT2D eigenvalue weighted by Gasteiger charge is -2.58. The summed E-state index contributed by atoms with van der Waals surface area (Å²) >= 11 is 1.44. The Morgan fingerprint density at radius 3 is 2.33 bits per heavy atom. The van der Waals surface area contributed by atoms with E-state index in [2.05, 4.69) is 0 Å². The molecule has 3 aliphatic rings. The van der Waals surface area contributed by atoms with Crippen LogP contribution in [0.1, 0.15) is 80.6 Å². The monoisotopic (exact) mass is 526 g/mol. The molecule has 2 N–H and O–H groups in total. The molecule has 0 aromatic heterocycles. The van der Waals surface area contributed by atoms with Crippen molar-refractivity contribution in [3.8, 4) is 0 Å². The second-order valence-corrected chi connectivity index (χ2v) is 12.5. The van der Waals surface area contributed by atoms with Crippen LogP contribution in [0.25, 0.3) is 0 Å². The number of hydrogen-bond acceptors (Lipinski definition) is 9. The van der Waals surface area contributed by atoms with Crippen LogP contribution in [0, 0.1) is 16.7 Å². The first kappa shape index (κ1) is 29.1. The summed E-state index contributed by atoms with van der Waals surface area (Å²) in [5, 5.41) is 23.6. The Kier molecular flexibility index (Phi) is 8.13. The highest BCUT2D eigenvalue weighted by Crippen LogP contribution is 2.60. The molecule has 0 amide bonds. The lowest BCUT2D eigenvalue weighted by molar-refractivity contribution is -0.242. The number of hydrogen-bond donors (Lipinski definition) is 2. The van der Waals surface area contributed by atoms with Crippen molar-refractivity contribution < 1.29 is 38.8 Å². The molecule has 0 heterocycles.